The molecule has 0 saturated carbocycles. The van der Waals surface area contributed by atoms with Crippen molar-refractivity contribution in [1.82, 2.24) is 0 Å². The fourth-order valence-electron chi connectivity index (χ4n) is 0.734. The van der Waals surface area contributed by atoms with Gasteiger partial charge in [-0.3, -0.25) is 0 Å². The molecule has 0 aliphatic carbocycles. The molecule has 2 radical (unpaired) electrons. The van der Waals surface area contributed by atoms with Gasteiger partial charge in [0, 0.05) is 17.8 Å². The van der Waals surface area contributed by atoms with Gasteiger partial charge in [0.1, 0.15) is 0 Å². The van der Waals surface area contributed by atoms with Crippen LogP contribution in [0.1, 0.15) is 0 Å². The number of nitrogens with zero attached hydrogens (tertiary/aromatic N) is 1. The third kappa shape index (κ3) is 2.28. The van der Waals surface area contributed by atoms with Crippen molar-refractivity contribution < 1.29 is 0 Å². The Kier molecular flexibility index (Phi) is 3.03. The predicted octanol–water partition coefficient (Wildman–Crippen LogP) is 3.01. The van der Waals surface area contributed by atoms with E-state index < -0.39 is 0 Å². The van der Waals surface area contributed by atoms with E-state index in [9.17, 15) is 0 Å². The van der Waals surface area contributed by atoms with Gasteiger partial charge in [-0.1, -0.05) is 29.3 Å². The molecule has 0 aliphatic rings. The van der Waals surface area contributed by atoms with Gasteiger partial charge in [-0.05, 0) is 18.2 Å². The van der Waals surface area contributed by atoms with Crippen LogP contribution in [0.5, 0.6) is 0 Å². The van der Waals surface area contributed by atoms with Crippen molar-refractivity contribution in [2.45, 2.75) is 0 Å². The Morgan fingerprint density at radius 1 is 1.45 bits per heavy atom. The zero-order valence-corrected chi connectivity index (χ0v) is 7.52. The number of halogens is 2. The molecule has 0 saturated heterocycles. The van der Waals surface area contributed by atoms with Crippen molar-refractivity contribution in [3.8, 4) is 0 Å². The molecule has 0 bridgehead atoms. The molecule has 0 unspecified atom stereocenters. The first-order valence-electron chi connectivity index (χ1n) is 3.09. The van der Waals surface area contributed by atoms with Gasteiger partial charge in [-0.15, -0.1) is 0 Å². The summed E-state index contributed by atoms with van der Waals surface area (Å²) in [5.41, 5.74) is 0.924. The van der Waals surface area contributed by atoms with Crippen LogP contribution in [0.4, 0.5) is 5.69 Å². The van der Waals surface area contributed by atoms with Crippen LogP contribution in [-0.4, -0.2) is 7.05 Å². The molecule has 1 rings (SSSR count). The molecule has 1 aromatic rings. The minimum Gasteiger partial charge on any atom is -0.350 e. The average molecular weight is 188 g/mol. The zero-order valence-electron chi connectivity index (χ0n) is 6.01. The molecule has 1 aromatic carbocycles. The summed E-state index contributed by atoms with van der Waals surface area (Å²) >= 11 is 11.1. The van der Waals surface area contributed by atoms with Crippen LogP contribution in [0.25, 0.3) is 0 Å². The fraction of sp³-hybridized carbons (Fsp3) is 0.125. The molecule has 58 valence electrons. The maximum absolute atomic E-state index is 5.75. The Labute approximate surface area is 76.5 Å². The highest BCUT2D eigenvalue weighted by atomic mass is 35.5. The number of anilines is 1. The van der Waals surface area contributed by atoms with Gasteiger partial charge in [0.05, 0.1) is 0 Å². The van der Waals surface area contributed by atoms with Gasteiger partial charge in [0.25, 0.3) is 0 Å². The smallest absolute Gasteiger partial charge is 0.197 e. The molecule has 0 atom stereocenters. The van der Waals surface area contributed by atoms with Crippen LogP contribution in [-0.2, 0) is 0 Å². The lowest BCUT2D eigenvalue weighted by Crippen LogP contribution is -2.08. The Hall–Kier alpha value is -0.400. The van der Waals surface area contributed by atoms with Crippen molar-refractivity contribution in [2.75, 3.05) is 11.9 Å². The normalized spacial score (nSPS) is 9.73. The van der Waals surface area contributed by atoms with Gasteiger partial charge in [-0.2, -0.15) is 0 Å². The Balaban J connectivity index is 2.86. The summed E-state index contributed by atoms with van der Waals surface area (Å²) in [6, 6.07) is 9.85. The molecule has 0 heterocycles. The first-order valence-corrected chi connectivity index (χ1v) is 3.85. The first-order chi connectivity index (χ1) is 5.24. The van der Waals surface area contributed by atoms with Crippen molar-refractivity contribution in [1.29, 1.82) is 0 Å². The molecule has 11 heavy (non-hydrogen) atoms. The molecular formula is C8H7Cl2N. The van der Waals surface area contributed by atoms with E-state index >= 15 is 0 Å². The van der Waals surface area contributed by atoms with E-state index in [0.717, 1.165) is 5.69 Å². The lowest BCUT2D eigenvalue weighted by atomic mass is 10.3. The second-order valence-electron chi connectivity index (χ2n) is 2.12. The number of hydrogen-bond donors (Lipinski definition) is 0. The summed E-state index contributed by atoms with van der Waals surface area (Å²) in [6.45, 7) is 0. The predicted molar refractivity (Wildman–Crippen MR) is 49.0 cm³/mol. The first kappa shape index (κ1) is 8.69. The Morgan fingerprint density at radius 2 is 2.18 bits per heavy atom. The standard InChI is InChI=1S/C8H7Cl2N/c1-11(6-9)8-4-2-3-7(10)5-8/h2-5H,1H3. The van der Waals surface area contributed by atoms with Crippen LogP contribution >= 0.6 is 23.2 Å². The van der Waals surface area contributed by atoms with Crippen LogP contribution in [0.15, 0.2) is 24.3 Å². The van der Waals surface area contributed by atoms with Crippen molar-refractivity contribution in [3.63, 3.8) is 0 Å². The van der Waals surface area contributed by atoms with Gasteiger partial charge in [-0.25, -0.2) is 0 Å². The van der Waals surface area contributed by atoms with E-state index in [1.807, 2.05) is 24.3 Å². The monoisotopic (exact) mass is 187 g/mol. The summed E-state index contributed by atoms with van der Waals surface area (Å²) in [7, 11) is 1.80. The number of hydrogen-bond acceptors (Lipinski definition) is 1. The molecule has 3 heteroatoms. The van der Waals surface area contributed by atoms with E-state index in [-0.39, 0.29) is 0 Å². The number of rotatable bonds is 2. The van der Waals surface area contributed by atoms with Gasteiger partial charge in [0.15, 0.2) is 6.00 Å². The Morgan fingerprint density at radius 3 is 2.73 bits per heavy atom. The van der Waals surface area contributed by atoms with Crippen LogP contribution in [0.2, 0.25) is 5.02 Å². The minimum absolute atomic E-state index is 0.696. The van der Waals surface area contributed by atoms with Gasteiger partial charge in [0.2, 0.25) is 0 Å². The highest BCUT2D eigenvalue weighted by Gasteiger charge is 1.98. The van der Waals surface area contributed by atoms with E-state index in [0.29, 0.717) is 5.02 Å². The van der Waals surface area contributed by atoms with Crippen molar-refractivity contribution in [2.24, 2.45) is 0 Å². The van der Waals surface area contributed by atoms with E-state index in [4.69, 9.17) is 23.2 Å². The van der Waals surface area contributed by atoms with Crippen LogP contribution < -0.4 is 4.90 Å². The maximum Gasteiger partial charge on any atom is 0.197 e. The molecule has 0 aromatic heterocycles. The molecular weight excluding hydrogens is 181 g/mol. The third-order valence-electron chi connectivity index (χ3n) is 1.32. The van der Waals surface area contributed by atoms with Gasteiger partial charge >= 0.3 is 0 Å². The van der Waals surface area contributed by atoms with Crippen LogP contribution in [0, 0.1) is 6.00 Å². The number of benzene rings is 1. The summed E-state index contributed by atoms with van der Waals surface area (Å²) in [5.74, 6) is 0. The minimum atomic E-state index is 0.696. The molecule has 0 amide bonds. The summed E-state index contributed by atoms with van der Waals surface area (Å²) in [4.78, 5) is 1.66. The summed E-state index contributed by atoms with van der Waals surface area (Å²) < 4.78 is 0. The Bertz CT molecular complexity index is 237. The van der Waals surface area contributed by atoms with Gasteiger partial charge < -0.3 is 4.90 Å². The molecule has 1 nitrogen and oxygen atoms in total. The lowest BCUT2D eigenvalue weighted by Gasteiger charge is -2.13. The van der Waals surface area contributed by atoms with E-state index in [2.05, 4.69) is 6.00 Å². The molecule has 0 fully saturated rings. The highest BCUT2D eigenvalue weighted by Crippen LogP contribution is 2.19. The molecule has 0 spiro atoms. The molecule has 0 N–H and O–H groups in total. The average Bonchev–Trinajstić information content (AvgIpc) is 2.03. The zero-order chi connectivity index (χ0) is 8.27. The SMILES string of the molecule is CN([C]Cl)c1cccc(Cl)c1. The molecule has 0 aliphatic heterocycles. The second-order valence-corrected chi connectivity index (χ2v) is 2.73. The highest BCUT2D eigenvalue weighted by molar-refractivity contribution is 6.31. The largest absolute Gasteiger partial charge is 0.350 e. The van der Waals surface area contributed by atoms with E-state index in [1.165, 1.54) is 0 Å². The lowest BCUT2D eigenvalue weighted by molar-refractivity contribution is 1.18. The topological polar surface area (TPSA) is 3.24 Å². The quantitative estimate of drug-likeness (QED) is 0.509. The summed E-state index contributed by atoms with van der Waals surface area (Å²) in [6.07, 6.45) is 0. The van der Waals surface area contributed by atoms with Crippen LogP contribution in [0.3, 0.4) is 0 Å². The van der Waals surface area contributed by atoms with E-state index in [1.54, 1.807) is 11.9 Å². The maximum atomic E-state index is 5.75. The van der Waals surface area contributed by atoms with Crippen molar-refractivity contribution in [3.05, 3.63) is 35.3 Å². The second kappa shape index (κ2) is 3.84. The van der Waals surface area contributed by atoms with Crippen molar-refractivity contribution >= 4 is 28.9 Å². The fourth-order valence-corrected chi connectivity index (χ4v) is 1.02. The third-order valence-corrected chi connectivity index (χ3v) is 1.81. The summed E-state index contributed by atoms with van der Waals surface area (Å²) in [5, 5.41) is 0.696.